The summed E-state index contributed by atoms with van der Waals surface area (Å²) in [6, 6.07) is 8.70. The Bertz CT molecular complexity index is 992. The summed E-state index contributed by atoms with van der Waals surface area (Å²) in [6.07, 6.45) is 3.67. The molecule has 1 aliphatic rings. The number of rotatable bonds is 7. The van der Waals surface area contributed by atoms with E-state index in [-0.39, 0.29) is 10.6 Å². The van der Waals surface area contributed by atoms with Crippen molar-refractivity contribution in [3.8, 4) is 0 Å². The second kappa shape index (κ2) is 8.66. The van der Waals surface area contributed by atoms with E-state index in [4.69, 9.17) is 4.74 Å². The Morgan fingerprint density at radius 1 is 1.14 bits per heavy atom. The van der Waals surface area contributed by atoms with Crippen molar-refractivity contribution in [2.75, 3.05) is 37.0 Å². The van der Waals surface area contributed by atoms with Gasteiger partial charge in [0, 0.05) is 37.7 Å². The zero-order valence-electron chi connectivity index (χ0n) is 16.3. The summed E-state index contributed by atoms with van der Waals surface area (Å²) in [6.45, 7) is 1.60. The van der Waals surface area contributed by atoms with Crippen LogP contribution in [0.1, 0.15) is 23.3 Å². The van der Waals surface area contributed by atoms with E-state index in [1.165, 1.54) is 43.8 Å². The molecule has 1 amide bonds. The van der Waals surface area contributed by atoms with Crippen molar-refractivity contribution >= 4 is 33.3 Å². The summed E-state index contributed by atoms with van der Waals surface area (Å²) in [5, 5.41) is 2.67. The van der Waals surface area contributed by atoms with Crippen LogP contribution >= 0.6 is 0 Å². The number of anilines is 2. The Hall–Kier alpha value is -2.85. The number of hydrogen-bond donors (Lipinski definition) is 2. The average Bonchev–Trinajstić information content (AvgIpc) is 3.37. The first kappa shape index (κ1) is 20.9. The van der Waals surface area contributed by atoms with E-state index < -0.39 is 28.5 Å². The number of esters is 1. The summed E-state index contributed by atoms with van der Waals surface area (Å²) < 4.78 is 32.2. The lowest BCUT2D eigenvalue weighted by Crippen LogP contribution is -2.22. The highest BCUT2D eigenvalue weighted by atomic mass is 32.2. The van der Waals surface area contributed by atoms with Gasteiger partial charge < -0.3 is 19.5 Å². The van der Waals surface area contributed by atoms with Crippen LogP contribution in [0, 0.1) is 0 Å². The van der Waals surface area contributed by atoms with Crippen molar-refractivity contribution in [1.82, 2.24) is 9.29 Å². The molecular formula is C19H24N4O5S. The smallest absolute Gasteiger partial charge is 0.355 e. The van der Waals surface area contributed by atoms with E-state index >= 15 is 0 Å². The van der Waals surface area contributed by atoms with Crippen molar-refractivity contribution in [2.24, 2.45) is 7.05 Å². The van der Waals surface area contributed by atoms with Gasteiger partial charge in [-0.25, -0.2) is 17.9 Å². The van der Waals surface area contributed by atoms with Gasteiger partial charge in [-0.3, -0.25) is 4.79 Å². The first-order valence-electron chi connectivity index (χ1n) is 9.22. The summed E-state index contributed by atoms with van der Waals surface area (Å²) >= 11 is 0. The molecule has 2 aromatic rings. The predicted molar refractivity (Wildman–Crippen MR) is 108 cm³/mol. The second-order valence-corrected chi connectivity index (χ2v) is 8.63. The number of aromatic nitrogens is 1. The topological polar surface area (TPSA) is 110 Å². The van der Waals surface area contributed by atoms with E-state index in [9.17, 15) is 18.0 Å². The molecule has 29 heavy (non-hydrogen) atoms. The summed E-state index contributed by atoms with van der Waals surface area (Å²) in [7, 11) is -0.875. The van der Waals surface area contributed by atoms with E-state index in [0.29, 0.717) is 5.69 Å². The maximum atomic E-state index is 12.2. The van der Waals surface area contributed by atoms with Gasteiger partial charge >= 0.3 is 5.97 Å². The quantitative estimate of drug-likeness (QED) is 0.654. The number of hydrogen-bond acceptors (Lipinski definition) is 6. The Kier molecular flexibility index (Phi) is 6.23. The number of carbonyl (C=O) groups is 2. The fraction of sp³-hybridized carbons (Fsp3) is 0.368. The molecule has 0 radical (unpaired) electrons. The van der Waals surface area contributed by atoms with Crippen molar-refractivity contribution in [1.29, 1.82) is 0 Å². The van der Waals surface area contributed by atoms with Crippen LogP contribution in [0.15, 0.2) is 41.4 Å². The Balaban J connectivity index is 1.54. The Morgan fingerprint density at radius 3 is 2.41 bits per heavy atom. The van der Waals surface area contributed by atoms with Crippen LogP contribution in [-0.4, -0.2) is 51.6 Å². The number of ether oxygens (including phenoxy) is 1. The lowest BCUT2D eigenvalue weighted by molar-refractivity contribution is -0.119. The molecule has 2 heterocycles. The summed E-state index contributed by atoms with van der Waals surface area (Å²) in [5.74, 6) is -1.27. The molecule has 0 aliphatic carbocycles. The predicted octanol–water partition coefficient (Wildman–Crippen LogP) is 1.33. The van der Waals surface area contributed by atoms with E-state index in [1.54, 1.807) is 12.1 Å². The molecule has 0 bridgehead atoms. The van der Waals surface area contributed by atoms with Crippen LogP contribution < -0.4 is 14.9 Å². The summed E-state index contributed by atoms with van der Waals surface area (Å²) in [4.78, 5) is 26.5. The largest absolute Gasteiger partial charge is 0.451 e. The van der Waals surface area contributed by atoms with Gasteiger partial charge in [-0.1, -0.05) is 0 Å². The number of benzene rings is 1. The van der Waals surface area contributed by atoms with E-state index in [0.717, 1.165) is 18.8 Å². The van der Waals surface area contributed by atoms with Gasteiger partial charge in [-0.2, -0.15) is 0 Å². The number of aryl methyl sites for hydroxylation is 1. The lowest BCUT2D eigenvalue weighted by atomic mass is 10.2. The normalized spacial score (nSPS) is 14.1. The van der Waals surface area contributed by atoms with Gasteiger partial charge in [0.15, 0.2) is 6.61 Å². The Morgan fingerprint density at radius 2 is 1.79 bits per heavy atom. The highest BCUT2D eigenvalue weighted by molar-refractivity contribution is 7.89. The Labute approximate surface area is 169 Å². The molecule has 2 N–H and O–H groups in total. The van der Waals surface area contributed by atoms with Crippen LogP contribution in [0.3, 0.4) is 0 Å². The van der Waals surface area contributed by atoms with Crippen LogP contribution in [0.25, 0.3) is 0 Å². The zero-order valence-corrected chi connectivity index (χ0v) is 17.2. The molecule has 3 rings (SSSR count). The van der Waals surface area contributed by atoms with Crippen LogP contribution in [0.2, 0.25) is 0 Å². The number of carbonyl (C=O) groups excluding carboxylic acids is 2. The fourth-order valence-corrected chi connectivity index (χ4v) is 3.93. The van der Waals surface area contributed by atoms with Crippen LogP contribution in [-0.2, 0) is 26.6 Å². The third kappa shape index (κ3) is 4.96. The maximum Gasteiger partial charge on any atom is 0.355 e. The molecule has 1 saturated heterocycles. The molecule has 0 spiro atoms. The monoisotopic (exact) mass is 420 g/mol. The molecule has 1 aromatic heterocycles. The van der Waals surface area contributed by atoms with Gasteiger partial charge in [0.25, 0.3) is 5.91 Å². The van der Waals surface area contributed by atoms with Gasteiger partial charge in [0.2, 0.25) is 10.0 Å². The van der Waals surface area contributed by atoms with E-state index in [2.05, 4.69) is 14.9 Å². The molecule has 0 unspecified atom stereocenters. The van der Waals surface area contributed by atoms with Crippen LogP contribution in [0.5, 0.6) is 0 Å². The van der Waals surface area contributed by atoms with Crippen LogP contribution in [0.4, 0.5) is 11.4 Å². The molecule has 0 saturated carbocycles. The minimum Gasteiger partial charge on any atom is -0.451 e. The van der Waals surface area contributed by atoms with Gasteiger partial charge in [-0.05, 0) is 50.2 Å². The zero-order chi connectivity index (χ0) is 21.0. The minimum atomic E-state index is -3.68. The maximum absolute atomic E-state index is 12.2. The van der Waals surface area contributed by atoms with Gasteiger partial charge in [0.1, 0.15) is 10.6 Å². The molecule has 1 aromatic carbocycles. The minimum absolute atomic E-state index is 0.0293. The lowest BCUT2D eigenvalue weighted by Gasteiger charge is -2.17. The molecular weight excluding hydrogens is 396 g/mol. The average molecular weight is 420 g/mol. The van der Waals surface area contributed by atoms with Crippen molar-refractivity contribution < 1.29 is 22.7 Å². The molecule has 0 atom stereocenters. The third-order valence-electron chi connectivity index (χ3n) is 4.72. The SMILES string of the molecule is CNS(=O)(=O)c1cc(C(=O)OCC(=O)Nc2ccc(N3CCCC3)cc2)n(C)c1. The van der Waals surface area contributed by atoms with Crippen molar-refractivity contribution in [3.63, 3.8) is 0 Å². The number of nitrogens with one attached hydrogen (secondary N) is 2. The number of nitrogens with zero attached hydrogens (tertiary/aromatic N) is 2. The van der Waals surface area contributed by atoms with Crippen molar-refractivity contribution in [3.05, 3.63) is 42.2 Å². The third-order valence-corrected chi connectivity index (χ3v) is 6.11. The van der Waals surface area contributed by atoms with Gasteiger partial charge in [-0.15, -0.1) is 0 Å². The van der Waals surface area contributed by atoms with E-state index in [1.807, 2.05) is 12.1 Å². The molecule has 10 heteroatoms. The van der Waals surface area contributed by atoms with Crippen molar-refractivity contribution in [2.45, 2.75) is 17.7 Å². The summed E-state index contributed by atoms with van der Waals surface area (Å²) in [5.41, 5.74) is 1.75. The highest BCUT2D eigenvalue weighted by Gasteiger charge is 2.20. The standard InChI is InChI=1S/C19H24N4O5S/c1-20-29(26,27)16-11-17(22(2)12-16)19(25)28-13-18(24)21-14-5-7-15(8-6-14)23-9-3-4-10-23/h5-8,11-12,20H,3-4,9-10,13H2,1-2H3,(H,21,24). The first-order valence-corrected chi connectivity index (χ1v) is 10.7. The second-order valence-electron chi connectivity index (χ2n) is 6.74. The highest BCUT2D eigenvalue weighted by Crippen LogP contribution is 2.22. The number of amides is 1. The molecule has 156 valence electrons. The van der Waals surface area contributed by atoms with Gasteiger partial charge in [0.05, 0.1) is 0 Å². The molecule has 1 fully saturated rings. The number of sulfonamides is 1. The molecule has 1 aliphatic heterocycles. The first-order chi connectivity index (χ1) is 13.8. The fourth-order valence-electron chi connectivity index (χ4n) is 3.13. The molecule has 9 nitrogen and oxygen atoms in total.